The normalized spacial score (nSPS) is 19.1. The highest BCUT2D eigenvalue weighted by Gasteiger charge is 2.54. The molecule has 1 heterocycles. The molecular weight excluding hydrogens is 372 g/mol. The van der Waals surface area contributed by atoms with Crippen molar-refractivity contribution in [1.82, 2.24) is 10.2 Å². The number of hydrogen-bond donors (Lipinski definition) is 1. The van der Waals surface area contributed by atoms with Gasteiger partial charge in [0.15, 0.2) is 0 Å². The second-order valence-corrected chi connectivity index (χ2v) is 6.94. The summed E-state index contributed by atoms with van der Waals surface area (Å²) in [5, 5.41) is 2.66. The summed E-state index contributed by atoms with van der Waals surface area (Å²) < 4.78 is 10.1. The molecule has 2 aromatic carbocycles. The van der Waals surface area contributed by atoms with E-state index in [1.807, 2.05) is 60.7 Å². The molecule has 2 amide bonds. The van der Waals surface area contributed by atoms with Crippen molar-refractivity contribution in [3.63, 3.8) is 0 Å². The van der Waals surface area contributed by atoms with Crippen molar-refractivity contribution in [3.8, 4) is 0 Å². The molecule has 29 heavy (non-hydrogen) atoms. The second kappa shape index (κ2) is 9.23. The number of carbonyl (C=O) groups is 3. The van der Waals surface area contributed by atoms with Crippen LogP contribution in [0.5, 0.6) is 0 Å². The molecule has 1 aliphatic heterocycles. The van der Waals surface area contributed by atoms with Gasteiger partial charge in [-0.05, 0) is 18.1 Å². The topological polar surface area (TPSA) is 84.9 Å². The molecule has 3 atom stereocenters. The Morgan fingerprint density at radius 1 is 1.03 bits per heavy atom. The van der Waals surface area contributed by atoms with E-state index in [4.69, 9.17) is 9.47 Å². The molecule has 1 aliphatic rings. The van der Waals surface area contributed by atoms with Crippen LogP contribution in [0, 0.1) is 5.92 Å². The third-order valence-corrected chi connectivity index (χ3v) is 4.98. The van der Waals surface area contributed by atoms with E-state index in [2.05, 4.69) is 5.32 Å². The van der Waals surface area contributed by atoms with Crippen molar-refractivity contribution >= 4 is 18.0 Å². The Morgan fingerprint density at radius 2 is 1.62 bits per heavy atom. The first kappa shape index (κ1) is 20.4. The molecule has 152 valence electrons. The number of alkyl carbamates (subject to hydrolysis) is 1. The number of amides is 2. The fourth-order valence-corrected chi connectivity index (χ4v) is 3.45. The molecular formula is C22H24N2O5. The number of carbonyl (C=O) groups excluding carboxylic acids is 3. The Kier molecular flexibility index (Phi) is 6.49. The smallest absolute Gasteiger partial charge is 0.407 e. The van der Waals surface area contributed by atoms with E-state index in [-0.39, 0.29) is 12.5 Å². The summed E-state index contributed by atoms with van der Waals surface area (Å²) in [6.07, 6.45) is -0.640. The minimum Gasteiger partial charge on any atom is -0.467 e. The number of likely N-dealkylation sites (tertiary alicyclic amines) is 1. The highest BCUT2D eigenvalue weighted by atomic mass is 16.5. The quantitative estimate of drug-likeness (QED) is 0.574. The van der Waals surface area contributed by atoms with Gasteiger partial charge in [-0.25, -0.2) is 9.59 Å². The number of benzene rings is 2. The molecule has 0 aliphatic carbocycles. The summed E-state index contributed by atoms with van der Waals surface area (Å²) in [6, 6.07) is 17.4. The standard InChI is InChI=1S/C22H24N2O5/c1-15(23-22(27)29-14-17-11-7-4-8-12-17)18-19(21(26)28-2)24(20(18)25)13-16-9-5-3-6-10-16/h3-12,15,18-19H,13-14H2,1-2H3,(H,23,27)/t15-,18+,19-/m0/s1. The zero-order chi connectivity index (χ0) is 20.8. The Balaban J connectivity index is 1.61. The van der Waals surface area contributed by atoms with Gasteiger partial charge in [-0.2, -0.15) is 0 Å². The van der Waals surface area contributed by atoms with Gasteiger partial charge >= 0.3 is 12.1 Å². The average Bonchev–Trinajstić information content (AvgIpc) is 2.75. The highest BCUT2D eigenvalue weighted by molar-refractivity contribution is 5.98. The molecule has 3 rings (SSSR count). The molecule has 1 saturated heterocycles. The summed E-state index contributed by atoms with van der Waals surface area (Å²) in [5.41, 5.74) is 1.77. The van der Waals surface area contributed by atoms with Crippen LogP contribution in [0.4, 0.5) is 4.79 Å². The van der Waals surface area contributed by atoms with E-state index in [9.17, 15) is 14.4 Å². The van der Waals surface area contributed by atoms with Gasteiger partial charge in [0.1, 0.15) is 12.6 Å². The summed E-state index contributed by atoms with van der Waals surface area (Å²) >= 11 is 0. The van der Waals surface area contributed by atoms with Crippen molar-refractivity contribution in [2.45, 2.75) is 32.2 Å². The number of β-lactam (4-membered cyclic amide) rings is 1. The van der Waals surface area contributed by atoms with Crippen LogP contribution in [0.25, 0.3) is 0 Å². The lowest BCUT2D eigenvalue weighted by molar-refractivity contribution is -0.175. The van der Waals surface area contributed by atoms with Crippen molar-refractivity contribution in [2.75, 3.05) is 7.11 Å². The van der Waals surface area contributed by atoms with Gasteiger partial charge in [0, 0.05) is 12.6 Å². The number of rotatable bonds is 7. The SMILES string of the molecule is COC(=O)[C@@H]1[C@@H]([C@H](C)NC(=O)OCc2ccccc2)C(=O)N1Cc1ccccc1. The molecule has 0 spiro atoms. The van der Waals surface area contributed by atoms with Crippen LogP contribution in [0.15, 0.2) is 60.7 Å². The maximum absolute atomic E-state index is 12.7. The lowest BCUT2D eigenvalue weighted by atomic mass is 9.81. The van der Waals surface area contributed by atoms with Gasteiger partial charge in [-0.15, -0.1) is 0 Å². The van der Waals surface area contributed by atoms with Crippen LogP contribution in [-0.2, 0) is 32.2 Å². The van der Waals surface area contributed by atoms with Gasteiger partial charge in [0.25, 0.3) is 0 Å². The highest BCUT2D eigenvalue weighted by Crippen LogP contribution is 2.32. The van der Waals surface area contributed by atoms with Crippen molar-refractivity contribution in [1.29, 1.82) is 0 Å². The zero-order valence-electron chi connectivity index (χ0n) is 16.4. The summed E-state index contributed by atoms with van der Waals surface area (Å²) in [4.78, 5) is 38.6. The zero-order valence-corrected chi connectivity index (χ0v) is 16.4. The van der Waals surface area contributed by atoms with Crippen LogP contribution >= 0.6 is 0 Å². The molecule has 0 saturated carbocycles. The maximum atomic E-state index is 12.7. The Bertz CT molecular complexity index is 856. The largest absolute Gasteiger partial charge is 0.467 e. The third kappa shape index (κ3) is 4.74. The van der Waals surface area contributed by atoms with Gasteiger partial charge in [-0.1, -0.05) is 60.7 Å². The Hall–Kier alpha value is -3.35. The molecule has 0 radical (unpaired) electrons. The minimum absolute atomic E-state index is 0.124. The molecule has 7 heteroatoms. The Labute approximate surface area is 169 Å². The molecule has 1 fully saturated rings. The summed E-state index contributed by atoms with van der Waals surface area (Å²) in [7, 11) is 1.29. The maximum Gasteiger partial charge on any atom is 0.407 e. The van der Waals surface area contributed by atoms with Crippen LogP contribution in [0.3, 0.4) is 0 Å². The fourth-order valence-electron chi connectivity index (χ4n) is 3.45. The molecule has 0 bridgehead atoms. The van der Waals surface area contributed by atoms with Crippen LogP contribution in [0.1, 0.15) is 18.1 Å². The number of methoxy groups -OCH3 is 1. The molecule has 7 nitrogen and oxygen atoms in total. The number of nitrogens with zero attached hydrogens (tertiary/aromatic N) is 1. The Morgan fingerprint density at radius 3 is 2.21 bits per heavy atom. The summed E-state index contributed by atoms with van der Waals surface area (Å²) in [5.74, 6) is -1.41. The molecule has 1 N–H and O–H groups in total. The number of nitrogens with one attached hydrogen (secondary N) is 1. The van der Waals surface area contributed by atoms with E-state index >= 15 is 0 Å². The van der Waals surface area contributed by atoms with Crippen LogP contribution < -0.4 is 5.32 Å². The predicted molar refractivity (Wildman–Crippen MR) is 106 cm³/mol. The van der Waals surface area contributed by atoms with Crippen LogP contribution in [-0.4, -0.2) is 42.1 Å². The van der Waals surface area contributed by atoms with Crippen LogP contribution in [0.2, 0.25) is 0 Å². The second-order valence-electron chi connectivity index (χ2n) is 6.94. The first-order valence-electron chi connectivity index (χ1n) is 9.40. The van der Waals surface area contributed by atoms with E-state index in [0.717, 1.165) is 11.1 Å². The van der Waals surface area contributed by atoms with Gasteiger partial charge in [-0.3, -0.25) is 4.79 Å². The lowest BCUT2D eigenvalue weighted by Crippen LogP contribution is -2.69. The van der Waals surface area contributed by atoms with Gasteiger partial charge in [0.05, 0.1) is 13.0 Å². The summed E-state index contributed by atoms with van der Waals surface area (Å²) in [6.45, 7) is 2.11. The third-order valence-electron chi connectivity index (χ3n) is 4.98. The number of hydrogen-bond acceptors (Lipinski definition) is 5. The van der Waals surface area contributed by atoms with E-state index < -0.39 is 30.1 Å². The van der Waals surface area contributed by atoms with Crippen molar-refractivity contribution in [2.24, 2.45) is 5.92 Å². The van der Waals surface area contributed by atoms with Crippen molar-refractivity contribution in [3.05, 3.63) is 71.8 Å². The van der Waals surface area contributed by atoms with Gasteiger partial charge < -0.3 is 19.7 Å². The number of ether oxygens (including phenoxy) is 2. The monoisotopic (exact) mass is 396 g/mol. The average molecular weight is 396 g/mol. The van der Waals surface area contributed by atoms with E-state index in [1.54, 1.807) is 6.92 Å². The fraction of sp³-hybridized carbons (Fsp3) is 0.318. The van der Waals surface area contributed by atoms with Gasteiger partial charge in [0.2, 0.25) is 5.91 Å². The lowest BCUT2D eigenvalue weighted by Gasteiger charge is -2.47. The van der Waals surface area contributed by atoms with Crippen molar-refractivity contribution < 1.29 is 23.9 Å². The first-order valence-corrected chi connectivity index (χ1v) is 9.40. The molecule has 2 aromatic rings. The predicted octanol–water partition coefficient (Wildman–Crippen LogP) is 2.50. The molecule has 0 unspecified atom stereocenters. The molecule has 0 aromatic heterocycles. The number of esters is 1. The first-order chi connectivity index (χ1) is 14.0. The minimum atomic E-state index is -0.753. The van der Waals surface area contributed by atoms with E-state index in [1.165, 1.54) is 12.0 Å². The van der Waals surface area contributed by atoms with E-state index in [0.29, 0.717) is 6.54 Å².